The molecule has 9 nitrogen and oxygen atoms in total. The zero-order chi connectivity index (χ0) is 21.5. The highest BCUT2D eigenvalue weighted by Crippen LogP contribution is 2.28. The van der Waals surface area contributed by atoms with E-state index in [0.717, 1.165) is 10.9 Å². The molecule has 0 aliphatic carbocycles. The minimum Gasteiger partial charge on any atom is -0.388 e. The summed E-state index contributed by atoms with van der Waals surface area (Å²) in [4.78, 5) is 25.9. The monoisotopic (exact) mass is 411 g/mol. The number of rotatable bonds is 4. The minimum absolute atomic E-state index is 0.113. The summed E-state index contributed by atoms with van der Waals surface area (Å²) >= 11 is 0. The van der Waals surface area contributed by atoms with Crippen molar-refractivity contribution in [2.24, 2.45) is 0 Å². The standard InChI is InChI=1S/C21H25N5O4/c1-13-19(14(2)30-24-13)20(28)25-8-6-21(29,7-9-25)12-26-18-10-17(23-15(3)27)5-4-16(18)11-22-26/h4-5,10-11,29H,6-9,12H2,1-3H3,(H,23,27). The van der Waals surface area contributed by atoms with E-state index in [1.54, 1.807) is 29.6 Å². The van der Waals surface area contributed by atoms with Gasteiger partial charge in [0.25, 0.3) is 5.91 Å². The first kappa shape index (κ1) is 20.1. The molecule has 1 aromatic carbocycles. The van der Waals surface area contributed by atoms with Gasteiger partial charge in [-0.25, -0.2) is 0 Å². The third kappa shape index (κ3) is 3.80. The second-order valence-corrected chi connectivity index (χ2v) is 7.97. The van der Waals surface area contributed by atoms with Gasteiger partial charge in [0, 0.05) is 31.1 Å². The summed E-state index contributed by atoms with van der Waals surface area (Å²) in [6, 6.07) is 5.56. The van der Waals surface area contributed by atoms with Crippen LogP contribution in [0, 0.1) is 13.8 Å². The van der Waals surface area contributed by atoms with E-state index in [0.29, 0.717) is 55.2 Å². The fraction of sp³-hybridized carbons (Fsp3) is 0.429. The van der Waals surface area contributed by atoms with Crippen LogP contribution in [0.5, 0.6) is 0 Å². The van der Waals surface area contributed by atoms with Crippen molar-refractivity contribution in [1.29, 1.82) is 0 Å². The Morgan fingerprint density at radius 1 is 1.27 bits per heavy atom. The number of nitrogens with zero attached hydrogens (tertiary/aromatic N) is 4. The summed E-state index contributed by atoms with van der Waals surface area (Å²) in [7, 11) is 0. The number of carbonyl (C=O) groups is 2. The molecule has 0 radical (unpaired) electrons. The molecule has 1 saturated heterocycles. The molecule has 0 spiro atoms. The number of aryl methyl sites for hydroxylation is 2. The van der Waals surface area contributed by atoms with Gasteiger partial charge in [0.2, 0.25) is 5.91 Å². The Bertz CT molecular complexity index is 1090. The second-order valence-electron chi connectivity index (χ2n) is 7.97. The average Bonchev–Trinajstić information content (AvgIpc) is 3.24. The summed E-state index contributed by atoms with van der Waals surface area (Å²) in [5, 5.41) is 23.1. The molecule has 1 aliphatic rings. The van der Waals surface area contributed by atoms with E-state index in [2.05, 4.69) is 15.6 Å². The van der Waals surface area contributed by atoms with E-state index in [1.165, 1.54) is 6.92 Å². The first-order valence-corrected chi connectivity index (χ1v) is 9.93. The predicted octanol–water partition coefficient (Wildman–Crippen LogP) is 2.27. The molecule has 2 amide bonds. The molecule has 0 atom stereocenters. The highest BCUT2D eigenvalue weighted by Gasteiger charge is 2.36. The van der Waals surface area contributed by atoms with Gasteiger partial charge in [-0.15, -0.1) is 0 Å². The van der Waals surface area contributed by atoms with Gasteiger partial charge < -0.3 is 19.8 Å². The van der Waals surface area contributed by atoms with Gasteiger partial charge in [0.1, 0.15) is 11.3 Å². The summed E-state index contributed by atoms with van der Waals surface area (Å²) in [5.41, 5.74) is 1.63. The maximum Gasteiger partial charge on any atom is 0.259 e. The zero-order valence-corrected chi connectivity index (χ0v) is 17.3. The van der Waals surface area contributed by atoms with Crippen molar-refractivity contribution < 1.29 is 19.2 Å². The van der Waals surface area contributed by atoms with E-state index in [9.17, 15) is 14.7 Å². The van der Waals surface area contributed by atoms with E-state index in [-0.39, 0.29) is 11.8 Å². The summed E-state index contributed by atoms with van der Waals surface area (Å²) in [6.07, 6.45) is 2.62. The van der Waals surface area contributed by atoms with E-state index in [1.807, 2.05) is 18.2 Å². The minimum atomic E-state index is -0.974. The zero-order valence-electron chi connectivity index (χ0n) is 17.3. The molecule has 0 saturated carbocycles. The Kier molecular flexibility index (Phi) is 5.07. The van der Waals surface area contributed by atoms with Crippen LogP contribution in [0.1, 0.15) is 41.6 Å². The fourth-order valence-electron chi connectivity index (χ4n) is 3.99. The first-order chi connectivity index (χ1) is 14.3. The van der Waals surface area contributed by atoms with Gasteiger partial charge >= 0.3 is 0 Å². The van der Waals surface area contributed by atoms with Crippen molar-refractivity contribution in [3.63, 3.8) is 0 Å². The molecule has 1 fully saturated rings. The lowest BCUT2D eigenvalue weighted by atomic mass is 9.91. The highest BCUT2D eigenvalue weighted by atomic mass is 16.5. The van der Waals surface area contributed by atoms with Crippen molar-refractivity contribution in [1.82, 2.24) is 19.8 Å². The van der Waals surface area contributed by atoms with Gasteiger partial charge in [0.05, 0.1) is 29.6 Å². The Hall–Kier alpha value is -3.20. The largest absolute Gasteiger partial charge is 0.388 e. The van der Waals surface area contributed by atoms with E-state index in [4.69, 9.17) is 4.52 Å². The molecule has 0 bridgehead atoms. The quantitative estimate of drug-likeness (QED) is 0.681. The number of hydrogen-bond acceptors (Lipinski definition) is 6. The molecule has 30 heavy (non-hydrogen) atoms. The van der Waals surface area contributed by atoms with Gasteiger partial charge in [-0.3, -0.25) is 14.3 Å². The highest BCUT2D eigenvalue weighted by molar-refractivity contribution is 5.96. The number of benzene rings is 1. The Morgan fingerprint density at radius 3 is 2.63 bits per heavy atom. The van der Waals surface area contributed by atoms with Crippen molar-refractivity contribution in [3.8, 4) is 0 Å². The molecule has 4 rings (SSSR count). The molecule has 0 unspecified atom stereocenters. The van der Waals surface area contributed by atoms with Gasteiger partial charge in [-0.05, 0) is 44.9 Å². The number of aliphatic hydroxyl groups is 1. The number of aromatic nitrogens is 3. The van der Waals surface area contributed by atoms with Crippen molar-refractivity contribution in [2.45, 2.75) is 45.8 Å². The van der Waals surface area contributed by atoms with Gasteiger partial charge in [0.15, 0.2) is 0 Å². The number of amides is 2. The Morgan fingerprint density at radius 2 is 2.00 bits per heavy atom. The van der Waals surface area contributed by atoms with Crippen LogP contribution in [0.3, 0.4) is 0 Å². The average molecular weight is 411 g/mol. The predicted molar refractivity (Wildman–Crippen MR) is 110 cm³/mol. The molecule has 3 heterocycles. The lowest BCUT2D eigenvalue weighted by Crippen LogP contribution is -2.48. The van der Waals surface area contributed by atoms with Crippen LogP contribution in [0.15, 0.2) is 28.9 Å². The number of anilines is 1. The SMILES string of the molecule is CC(=O)Nc1ccc2cnn(CC3(O)CCN(C(=O)c4c(C)noc4C)CC3)c2c1. The molecule has 1 aliphatic heterocycles. The molecule has 9 heteroatoms. The number of likely N-dealkylation sites (tertiary alicyclic amines) is 1. The van der Waals surface area contributed by atoms with Crippen LogP contribution in [0.2, 0.25) is 0 Å². The molecule has 2 aromatic heterocycles. The van der Waals surface area contributed by atoms with Crippen molar-refractivity contribution >= 4 is 28.4 Å². The number of carbonyl (C=O) groups excluding carboxylic acids is 2. The topological polar surface area (TPSA) is 113 Å². The van der Waals surface area contributed by atoms with Crippen LogP contribution in [-0.2, 0) is 11.3 Å². The maximum atomic E-state index is 12.8. The molecular formula is C21H25N5O4. The number of nitrogens with one attached hydrogen (secondary N) is 1. The van der Waals surface area contributed by atoms with Gasteiger partial charge in [-0.1, -0.05) is 5.16 Å². The molecule has 2 N–H and O–H groups in total. The maximum absolute atomic E-state index is 12.8. The fourth-order valence-corrected chi connectivity index (χ4v) is 3.99. The van der Waals surface area contributed by atoms with E-state index >= 15 is 0 Å². The van der Waals surface area contributed by atoms with Crippen LogP contribution in [0.4, 0.5) is 5.69 Å². The van der Waals surface area contributed by atoms with Crippen molar-refractivity contribution in [2.75, 3.05) is 18.4 Å². The number of piperidine rings is 1. The Labute approximate surface area is 173 Å². The number of fused-ring (bicyclic) bond motifs is 1. The third-order valence-corrected chi connectivity index (χ3v) is 5.64. The summed E-state index contributed by atoms with van der Waals surface area (Å²) < 4.78 is 6.86. The van der Waals surface area contributed by atoms with Gasteiger partial charge in [-0.2, -0.15) is 5.10 Å². The summed E-state index contributed by atoms with van der Waals surface area (Å²) in [6.45, 7) is 6.13. The lowest BCUT2D eigenvalue weighted by Gasteiger charge is -2.38. The normalized spacial score (nSPS) is 16.1. The van der Waals surface area contributed by atoms with Crippen LogP contribution in [-0.4, -0.2) is 55.4 Å². The smallest absolute Gasteiger partial charge is 0.259 e. The van der Waals surface area contributed by atoms with Crippen LogP contribution >= 0.6 is 0 Å². The third-order valence-electron chi connectivity index (χ3n) is 5.64. The second kappa shape index (κ2) is 7.56. The van der Waals surface area contributed by atoms with E-state index < -0.39 is 5.60 Å². The van der Waals surface area contributed by atoms with Crippen LogP contribution < -0.4 is 5.32 Å². The van der Waals surface area contributed by atoms with Crippen LogP contribution in [0.25, 0.3) is 10.9 Å². The Balaban J connectivity index is 1.47. The lowest BCUT2D eigenvalue weighted by molar-refractivity contribution is -0.114. The summed E-state index contributed by atoms with van der Waals surface area (Å²) in [5.74, 6) is 0.253. The molecule has 3 aromatic rings. The molecule has 158 valence electrons. The number of hydrogen-bond donors (Lipinski definition) is 2. The first-order valence-electron chi connectivity index (χ1n) is 9.93. The molecular weight excluding hydrogens is 386 g/mol. The van der Waals surface area contributed by atoms with Crippen molar-refractivity contribution in [3.05, 3.63) is 41.4 Å².